The SMILES string of the molecule is CN=C(NCCc1ncc(C)s1)NCc1cnn(Cc2ccccc2)c1. The molecule has 0 aliphatic heterocycles. The van der Waals surface area contributed by atoms with Crippen molar-refractivity contribution < 1.29 is 0 Å². The smallest absolute Gasteiger partial charge is 0.191 e. The Morgan fingerprint density at radius 3 is 2.73 bits per heavy atom. The highest BCUT2D eigenvalue weighted by Crippen LogP contribution is 2.10. The van der Waals surface area contributed by atoms with Gasteiger partial charge in [-0.1, -0.05) is 30.3 Å². The number of nitrogens with one attached hydrogen (secondary N) is 2. The van der Waals surface area contributed by atoms with E-state index in [4.69, 9.17) is 0 Å². The third-order valence-corrected chi connectivity index (χ3v) is 4.83. The Kier molecular flexibility index (Phi) is 6.38. The summed E-state index contributed by atoms with van der Waals surface area (Å²) in [6.07, 6.45) is 6.77. The lowest BCUT2D eigenvalue weighted by Crippen LogP contribution is -2.37. The van der Waals surface area contributed by atoms with Crippen LogP contribution in [0.2, 0.25) is 0 Å². The van der Waals surface area contributed by atoms with Gasteiger partial charge in [0.25, 0.3) is 0 Å². The molecular formula is C19H24N6S. The number of benzene rings is 1. The molecule has 0 amide bonds. The quantitative estimate of drug-likeness (QED) is 0.497. The molecule has 3 rings (SSSR count). The molecule has 0 fully saturated rings. The van der Waals surface area contributed by atoms with Crippen molar-refractivity contribution in [2.45, 2.75) is 26.4 Å². The second-order valence-electron chi connectivity index (χ2n) is 6.00. The molecule has 6 nitrogen and oxygen atoms in total. The minimum absolute atomic E-state index is 0.685. The van der Waals surface area contributed by atoms with Gasteiger partial charge in [-0.05, 0) is 12.5 Å². The van der Waals surface area contributed by atoms with Gasteiger partial charge in [0.2, 0.25) is 0 Å². The zero-order valence-corrected chi connectivity index (χ0v) is 16.0. The van der Waals surface area contributed by atoms with Crippen LogP contribution in [0.25, 0.3) is 0 Å². The average Bonchev–Trinajstić information content (AvgIpc) is 3.27. The van der Waals surface area contributed by atoms with Crippen molar-refractivity contribution in [1.82, 2.24) is 25.4 Å². The Morgan fingerprint density at radius 2 is 2.00 bits per heavy atom. The van der Waals surface area contributed by atoms with Crippen LogP contribution in [0, 0.1) is 6.92 Å². The van der Waals surface area contributed by atoms with E-state index in [1.54, 1.807) is 18.4 Å². The molecule has 2 N–H and O–H groups in total. The normalized spacial score (nSPS) is 11.5. The van der Waals surface area contributed by atoms with E-state index in [-0.39, 0.29) is 0 Å². The standard InChI is InChI=1S/C19H24N6S/c1-15-10-22-18(26-15)8-9-21-19(20-2)23-11-17-12-24-25(14-17)13-16-6-4-3-5-7-16/h3-7,10,12,14H,8-9,11,13H2,1-2H3,(H2,20,21,23). The fourth-order valence-corrected chi connectivity index (χ4v) is 3.35. The summed E-state index contributed by atoms with van der Waals surface area (Å²) in [6.45, 7) is 4.35. The number of guanidine groups is 1. The van der Waals surface area contributed by atoms with Gasteiger partial charge in [-0.3, -0.25) is 9.67 Å². The molecule has 3 aromatic rings. The molecule has 0 atom stereocenters. The van der Waals surface area contributed by atoms with E-state index in [9.17, 15) is 0 Å². The molecule has 0 unspecified atom stereocenters. The molecule has 0 radical (unpaired) electrons. The Labute approximate surface area is 158 Å². The molecule has 0 bridgehead atoms. The molecule has 26 heavy (non-hydrogen) atoms. The van der Waals surface area contributed by atoms with Crippen molar-refractivity contribution >= 4 is 17.3 Å². The minimum atomic E-state index is 0.685. The molecule has 1 aromatic carbocycles. The van der Waals surface area contributed by atoms with Crippen LogP contribution in [-0.2, 0) is 19.5 Å². The molecule has 2 aromatic heterocycles. The van der Waals surface area contributed by atoms with E-state index >= 15 is 0 Å². The number of aromatic nitrogens is 3. The van der Waals surface area contributed by atoms with Crippen molar-refractivity contribution in [2.24, 2.45) is 4.99 Å². The lowest BCUT2D eigenvalue weighted by molar-refractivity contribution is 0.685. The van der Waals surface area contributed by atoms with Gasteiger partial charge in [-0.25, -0.2) is 4.98 Å². The summed E-state index contributed by atoms with van der Waals surface area (Å²) in [4.78, 5) is 9.89. The largest absolute Gasteiger partial charge is 0.356 e. The van der Waals surface area contributed by atoms with Crippen molar-refractivity contribution in [3.8, 4) is 0 Å². The van der Waals surface area contributed by atoms with E-state index in [1.165, 1.54) is 10.4 Å². The number of hydrogen-bond acceptors (Lipinski definition) is 4. The number of aryl methyl sites for hydroxylation is 1. The second kappa shape index (κ2) is 9.15. The Morgan fingerprint density at radius 1 is 1.15 bits per heavy atom. The molecule has 0 aliphatic carbocycles. The van der Waals surface area contributed by atoms with Gasteiger partial charge < -0.3 is 10.6 Å². The highest BCUT2D eigenvalue weighted by molar-refractivity contribution is 7.11. The predicted octanol–water partition coefficient (Wildman–Crippen LogP) is 2.60. The number of aliphatic imine (C=N–C) groups is 1. The highest BCUT2D eigenvalue weighted by Gasteiger charge is 2.03. The van der Waals surface area contributed by atoms with Gasteiger partial charge >= 0.3 is 0 Å². The summed E-state index contributed by atoms with van der Waals surface area (Å²) in [5.74, 6) is 0.786. The van der Waals surface area contributed by atoms with Crippen LogP contribution < -0.4 is 10.6 Å². The van der Waals surface area contributed by atoms with Gasteiger partial charge in [0.15, 0.2) is 5.96 Å². The summed E-state index contributed by atoms with van der Waals surface area (Å²) in [5.41, 5.74) is 2.37. The maximum absolute atomic E-state index is 4.43. The van der Waals surface area contributed by atoms with Crippen molar-refractivity contribution in [3.05, 3.63) is 69.9 Å². The molecule has 0 spiro atoms. The monoisotopic (exact) mass is 368 g/mol. The second-order valence-corrected chi connectivity index (χ2v) is 7.32. The Balaban J connectivity index is 1.43. The maximum Gasteiger partial charge on any atom is 0.191 e. The van der Waals surface area contributed by atoms with Crippen LogP contribution in [0.3, 0.4) is 0 Å². The molecule has 7 heteroatoms. The first-order valence-electron chi connectivity index (χ1n) is 8.64. The fourth-order valence-electron chi connectivity index (χ4n) is 2.57. The molecule has 2 heterocycles. The fraction of sp³-hybridized carbons (Fsp3) is 0.316. The molecule has 0 saturated heterocycles. The first-order valence-corrected chi connectivity index (χ1v) is 9.45. The van der Waals surface area contributed by atoms with Crippen molar-refractivity contribution in [3.63, 3.8) is 0 Å². The van der Waals surface area contributed by atoms with Crippen molar-refractivity contribution in [2.75, 3.05) is 13.6 Å². The predicted molar refractivity (Wildman–Crippen MR) is 107 cm³/mol. The number of nitrogens with zero attached hydrogens (tertiary/aromatic N) is 4. The van der Waals surface area contributed by atoms with Crippen LogP contribution in [0.15, 0.2) is 53.9 Å². The molecular weight excluding hydrogens is 344 g/mol. The van der Waals surface area contributed by atoms with E-state index in [2.05, 4.69) is 51.0 Å². The van der Waals surface area contributed by atoms with E-state index in [0.29, 0.717) is 6.54 Å². The zero-order valence-electron chi connectivity index (χ0n) is 15.1. The number of thiazole rings is 1. The average molecular weight is 369 g/mol. The first kappa shape index (κ1) is 18.1. The molecule has 0 saturated carbocycles. The summed E-state index contributed by atoms with van der Waals surface area (Å²) in [7, 11) is 1.78. The highest BCUT2D eigenvalue weighted by atomic mass is 32.1. The van der Waals surface area contributed by atoms with Gasteiger partial charge in [0.05, 0.1) is 17.7 Å². The van der Waals surface area contributed by atoms with Gasteiger partial charge in [-0.2, -0.15) is 5.10 Å². The summed E-state index contributed by atoms with van der Waals surface area (Å²) in [6, 6.07) is 10.3. The Bertz CT molecular complexity index is 837. The number of hydrogen-bond donors (Lipinski definition) is 2. The van der Waals surface area contributed by atoms with Crippen LogP contribution in [0.4, 0.5) is 0 Å². The van der Waals surface area contributed by atoms with E-state index < -0.39 is 0 Å². The third-order valence-electron chi connectivity index (χ3n) is 3.86. The summed E-state index contributed by atoms with van der Waals surface area (Å²) in [5, 5.41) is 12.2. The van der Waals surface area contributed by atoms with Crippen LogP contribution in [0.1, 0.15) is 21.0 Å². The van der Waals surface area contributed by atoms with Crippen LogP contribution in [0.5, 0.6) is 0 Å². The van der Waals surface area contributed by atoms with Crippen LogP contribution >= 0.6 is 11.3 Å². The van der Waals surface area contributed by atoms with Gasteiger partial charge in [0, 0.05) is 49.4 Å². The number of rotatable bonds is 7. The van der Waals surface area contributed by atoms with Gasteiger partial charge in [-0.15, -0.1) is 11.3 Å². The van der Waals surface area contributed by atoms with E-state index in [0.717, 1.165) is 36.0 Å². The van der Waals surface area contributed by atoms with E-state index in [1.807, 2.05) is 35.3 Å². The van der Waals surface area contributed by atoms with Crippen LogP contribution in [-0.4, -0.2) is 34.3 Å². The third kappa shape index (κ3) is 5.42. The maximum atomic E-state index is 4.43. The first-order chi connectivity index (χ1) is 12.7. The minimum Gasteiger partial charge on any atom is -0.356 e. The Hall–Kier alpha value is -2.67. The van der Waals surface area contributed by atoms with Crippen molar-refractivity contribution in [1.29, 1.82) is 0 Å². The molecule has 0 aliphatic rings. The summed E-state index contributed by atoms with van der Waals surface area (Å²) >= 11 is 1.74. The molecule has 136 valence electrons. The summed E-state index contributed by atoms with van der Waals surface area (Å²) < 4.78 is 1.95. The lowest BCUT2D eigenvalue weighted by atomic mass is 10.2. The lowest BCUT2D eigenvalue weighted by Gasteiger charge is -2.10. The topological polar surface area (TPSA) is 67.1 Å². The van der Waals surface area contributed by atoms with Gasteiger partial charge in [0.1, 0.15) is 0 Å². The zero-order chi connectivity index (χ0) is 18.2.